The minimum atomic E-state index is -1.47. The van der Waals surface area contributed by atoms with Gasteiger partial charge in [-0.05, 0) is 82.4 Å². The van der Waals surface area contributed by atoms with Gasteiger partial charge in [0, 0.05) is 51.3 Å². The number of nitrogens with one attached hydrogen (secondary N) is 6. The van der Waals surface area contributed by atoms with E-state index in [1.165, 1.54) is 0 Å². The largest absolute Gasteiger partial charge is 0.481 e. The fraction of sp³-hybridized carbons (Fsp3) is 0.633. The minimum Gasteiger partial charge on any atom is -0.481 e. The van der Waals surface area contributed by atoms with Gasteiger partial charge in [0.2, 0.25) is 0 Å². The van der Waals surface area contributed by atoms with Crippen LogP contribution < -0.4 is 31.9 Å². The van der Waals surface area contributed by atoms with E-state index in [1.807, 2.05) is 12.1 Å². The number of amides is 3. The quantitative estimate of drug-likeness (QED) is 0.116. The lowest BCUT2D eigenvalue weighted by Gasteiger charge is -2.23. The van der Waals surface area contributed by atoms with Crippen LogP contribution in [-0.2, 0) is 20.9 Å². The minimum absolute atomic E-state index is 0.0550. The second kappa shape index (κ2) is 21.8. The zero-order valence-electron chi connectivity index (χ0n) is 25.8. The molecule has 0 radical (unpaired) electrons. The Labute approximate surface area is 263 Å². The number of rotatable bonds is 15. The Kier molecular flexibility index (Phi) is 18.1. The van der Waals surface area contributed by atoms with Crippen molar-refractivity contribution in [1.82, 2.24) is 36.8 Å². The first-order valence-corrected chi connectivity index (χ1v) is 15.6. The molecule has 15 heteroatoms. The van der Waals surface area contributed by atoms with Gasteiger partial charge in [-0.1, -0.05) is 12.1 Å². The number of benzene rings is 1. The van der Waals surface area contributed by atoms with Crippen LogP contribution in [0.15, 0.2) is 24.3 Å². The lowest BCUT2D eigenvalue weighted by atomic mass is 10.1. The predicted octanol–water partition coefficient (Wildman–Crippen LogP) is 0.0217. The second-order valence-corrected chi connectivity index (χ2v) is 11.0. The number of carbonyl (C=O) groups excluding carboxylic acids is 2. The van der Waals surface area contributed by atoms with Gasteiger partial charge in [0.05, 0.1) is 0 Å². The number of aliphatic carboxylic acids is 3. The number of unbranched alkanes of at least 4 members (excludes halogenated alkanes) is 1. The molecule has 0 spiro atoms. The molecule has 1 fully saturated rings. The van der Waals surface area contributed by atoms with E-state index in [2.05, 4.69) is 36.8 Å². The number of nitrogens with zero attached hydrogens (tertiary/aromatic N) is 1. The van der Waals surface area contributed by atoms with E-state index in [0.29, 0.717) is 24.9 Å². The van der Waals surface area contributed by atoms with Gasteiger partial charge in [-0.25, -0.2) is 14.4 Å². The van der Waals surface area contributed by atoms with Gasteiger partial charge in [-0.3, -0.25) is 14.5 Å². The molecule has 0 bridgehead atoms. The first-order chi connectivity index (χ1) is 21.7. The molecule has 15 nitrogen and oxygen atoms in total. The van der Waals surface area contributed by atoms with Gasteiger partial charge in [-0.2, -0.15) is 0 Å². The Morgan fingerprint density at radius 3 is 1.96 bits per heavy atom. The van der Waals surface area contributed by atoms with Crippen LogP contribution in [0.1, 0.15) is 60.9 Å². The maximum Gasteiger partial charge on any atom is 0.326 e. The fourth-order valence-corrected chi connectivity index (χ4v) is 4.76. The third kappa shape index (κ3) is 16.7. The van der Waals surface area contributed by atoms with Gasteiger partial charge in [-0.15, -0.1) is 0 Å². The Morgan fingerprint density at radius 1 is 0.733 bits per heavy atom. The monoisotopic (exact) mass is 635 g/mol. The molecule has 9 N–H and O–H groups in total. The van der Waals surface area contributed by atoms with Crippen molar-refractivity contribution in [3.8, 4) is 0 Å². The van der Waals surface area contributed by atoms with Crippen LogP contribution in [0, 0.1) is 0 Å². The summed E-state index contributed by atoms with van der Waals surface area (Å²) in [7, 11) is 0. The molecular formula is C30H49N7O8. The number of hydrogen-bond acceptors (Lipinski definition) is 9. The lowest BCUT2D eigenvalue weighted by Crippen LogP contribution is -2.51. The highest BCUT2D eigenvalue weighted by molar-refractivity contribution is 5.94. The van der Waals surface area contributed by atoms with E-state index in [0.717, 1.165) is 77.3 Å². The van der Waals surface area contributed by atoms with Crippen molar-refractivity contribution < 1.29 is 39.3 Å². The summed E-state index contributed by atoms with van der Waals surface area (Å²) < 4.78 is 0. The highest BCUT2D eigenvalue weighted by atomic mass is 16.4. The highest BCUT2D eigenvalue weighted by Gasteiger charge is 2.24. The smallest absolute Gasteiger partial charge is 0.326 e. The average molecular weight is 636 g/mol. The Morgan fingerprint density at radius 2 is 1.33 bits per heavy atom. The van der Waals surface area contributed by atoms with E-state index < -0.39 is 42.4 Å². The summed E-state index contributed by atoms with van der Waals surface area (Å²) >= 11 is 0. The van der Waals surface area contributed by atoms with Crippen LogP contribution in [0.25, 0.3) is 0 Å². The summed E-state index contributed by atoms with van der Waals surface area (Å²) in [6.07, 6.45) is 2.22. The molecule has 252 valence electrons. The molecule has 2 atom stereocenters. The molecule has 0 unspecified atom stereocenters. The van der Waals surface area contributed by atoms with Crippen molar-refractivity contribution in [3.05, 3.63) is 35.4 Å². The molecule has 1 aliphatic heterocycles. The second-order valence-electron chi connectivity index (χ2n) is 11.0. The molecule has 0 aromatic heterocycles. The highest BCUT2D eigenvalue weighted by Crippen LogP contribution is 2.09. The third-order valence-corrected chi connectivity index (χ3v) is 7.30. The molecule has 1 heterocycles. The number of hydrogen-bond donors (Lipinski definition) is 9. The topological polar surface area (TPSA) is 221 Å². The van der Waals surface area contributed by atoms with Crippen molar-refractivity contribution >= 4 is 29.8 Å². The van der Waals surface area contributed by atoms with Gasteiger partial charge in [0.25, 0.3) is 5.91 Å². The summed E-state index contributed by atoms with van der Waals surface area (Å²) in [5.41, 5.74) is 1.65. The van der Waals surface area contributed by atoms with Gasteiger partial charge in [0.1, 0.15) is 12.1 Å². The standard InChI is InChI=1S/C30H49N7O8/c38-26(39)11-10-25(29(43)44)36-30(45)35-24(28(41)42)5-1-2-15-34-27(40)23-8-6-22(7-9-23)21-37-19-4-14-32-17-16-31-12-3-13-33-18-20-37/h6-9,24-25,31-33H,1-5,10-21H2,(H,34,40)(H,38,39)(H,41,42)(H,43,44)(H2,35,36,45)/t24-,25-/m0/s1. The number of urea groups is 1. The molecule has 1 aromatic rings. The van der Waals surface area contributed by atoms with Crippen molar-refractivity contribution in [2.45, 2.75) is 63.6 Å². The van der Waals surface area contributed by atoms with Crippen LogP contribution in [0.3, 0.4) is 0 Å². The van der Waals surface area contributed by atoms with Crippen molar-refractivity contribution in [2.75, 3.05) is 58.9 Å². The molecular weight excluding hydrogens is 586 g/mol. The van der Waals surface area contributed by atoms with Crippen molar-refractivity contribution in [2.24, 2.45) is 0 Å². The van der Waals surface area contributed by atoms with Gasteiger partial charge < -0.3 is 47.2 Å². The van der Waals surface area contributed by atoms with Crippen molar-refractivity contribution in [3.63, 3.8) is 0 Å². The maximum atomic E-state index is 12.6. The average Bonchev–Trinajstić information content (AvgIpc) is 3.00. The Balaban J connectivity index is 1.74. The van der Waals surface area contributed by atoms with E-state index in [4.69, 9.17) is 10.2 Å². The summed E-state index contributed by atoms with van der Waals surface area (Å²) in [6.45, 7) is 8.84. The summed E-state index contributed by atoms with van der Waals surface area (Å²) in [5.74, 6) is -4.17. The Hall–Kier alpha value is -3.79. The fourth-order valence-electron chi connectivity index (χ4n) is 4.76. The molecule has 0 saturated carbocycles. The molecule has 1 aliphatic rings. The van der Waals surface area contributed by atoms with E-state index in [9.17, 15) is 29.1 Å². The van der Waals surface area contributed by atoms with E-state index in [-0.39, 0.29) is 18.7 Å². The summed E-state index contributed by atoms with van der Waals surface area (Å²) in [5, 5.41) is 44.9. The summed E-state index contributed by atoms with van der Waals surface area (Å²) in [4.78, 5) is 60.7. The zero-order valence-corrected chi connectivity index (χ0v) is 25.8. The SMILES string of the molecule is O=C(O)CC[C@H](NC(=O)N[C@@H](CCCCNC(=O)c1ccc(CN2CCCNCCNCCCNCC2)cc1)C(=O)O)C(=O)O. The molecule has 1 saturated heterocycles. The van der Waals surface area contributed by atoms with Gasteiger partial charge in [0.15, 0.2) is 0 Å². The molecule has 1 aromatic carbocycles. The zero-order chi connectivity index (χ0) is 32.9. The van der Waals surface area contributed by atoms with E-state index in [1.54, 1.807) is 12.1 Å². The number of carboxylic acid groups (broad SMARTS) is 3. The van der Waals surface area contributed by atoms with Crippen LogP contribution in [-0.4, -0.2) is 121 Å². The Bertz CT molecular complexity index is 1060. The molecule has 0 aliphatic carbocycles. The number of carbonyl (C=O) groups is 5. The van der Waals surface area contributed by atoms with E-state index >= 15 is 0 Å². The molecule has 3 amide bonds. The first kappa shape index (κ1) is 37.4. The van der Waals surface area contributed by atoms with Crippen LogP contribution in [0.4, 0.5) is 4.79 Å². The third-order valence-electron chi connectivity index (χ3n) is 7.30. The van der Waals surface area contributed by atoms with Gasteiger partial charge >= 0.3 is 23.9 Å². The van der Waals surface area contributed by atoms with Crippen LogP contribution in [0.5, 0.6) is 0 Å². The molecule has 45 heavy (non-hydrogen) atoms. The number of carboxylic acids is 3. The maximum absolute atomic E-state index is 12.6. The normalized spacial score (nSPS) is 16.8. The predicted molar refractivity (Wildman–Crippen MR) is 167 cm³/mol. The first-order valence-electron chi connectivity index (χ1n) is 15.6. The van der Waals surface area contributed by atoms with Crippen LogP contribution in [0.2, 0.25) is 0 Å². The summed E-state index contributed by atoms with van der Waals surface area (Å²) in [6, 6.07) is 3.75. The van der Waals surface area contributed by atoms with Crippen molar-refractivity contribution in [1.29, 1.82) is 0 Å². The van der Waals surface area contributed by atoms with Crippen LogP contribution >= 0.6 is 0 Å². The lowest BCUT2D eigenvalue weighted by molar-refractivity contribution is -0.140. The molecule has 2 rings (SSSR count).